The lowest BCUT2D eigenvalue weighted by Gasteiger charge is -2.18. The van der Waals surface area contributed by atoms with Crippen LogP contribution < -0.4 is 10.9 Å². The molecule has 8 heteroatoms. The third kappa shape index (κ3) is 4.81. The molecule has 0 atom stereocenters. The monoisotopic (exact) mass is 282 g/mol. The van der Waals surface area contributed by atoms with Crippen LogP contribution in [0.1, 0.15) is 13.8 Å². The van der Waals surface area contributed by atoms with Crippen molar-refractivity contribution in [3.63, 3.8) is 0 Å². The van der Waals surface area contributed by atoms with E-state index in [0.717, 1.165) is 12.1 Å². The molecule has 1 N–H and O–H groups in total. The average Bonchev–Trinajstić information content (AvgIpc) is 2.30. The number of likely N-dealkylation sites (N-methyl/N-ethyl adjacent to an activating group) is 1. The van der Waals surface area contributed by atoms with Crippen molar-refractivity contribution in [3.05, 3.63) is 38.8 Å². The number of rotatable bonds is 6. The van der Waals surface area contributed by atoms with Gasteiger partial charge in [0.1, 0.15) is 0 Å². The summed E-state index contributed by atoms with van der Waals surface area (Å²) in [5, 5.41) is 13.4. The van der Waals surface area contributed by atoms with Crippen molar-refractivity contribution in [1.29, 1.82) is 0 Å². The van der Waals surface area contributed by atoms with Gasteiger partial charge in [-0.05, 0) is 20.9 Å². The first-order valence-electron chi connectivity index (χ1n) is 6.12. The summed E-state index contributed by atoms with van der Waals surface area (Å²) in [6, 6.07) is 2.33. The van der Waals surface area contributed by atoms with E-state index < -0.39 is 4.92 Å². The van der Waals surface area contributed by atoms with Crippen LogP contribution in [-0.2, 0) is 11.5 Å². The van der Waals surface area contributed by atoms with Gasteiger partial charge in [0, 0.05) is 18.2 Å². The molecule has 0 fully saturated rings. The summed E-state index contributed by atoms with van der Waals surface area (Å²) in [4.78, 5) is 34.9. The summed E-state index contributed by atoms with van der Waals surface area (Å²) < 4.78 is 1.20. The van der Waals surface area contributed by atoms with Crippen molar-refractivity contribution in [1.82, 2.24) is 14.8 Å². The molecular formula is C12H18N4O4. The van der Waals surface area contributed by atoms with Crippen LogP contribution >= 0.6 is 0 Å². The van der Waals surface area contributed by atoms with Gasteiger partial charge in [-0.1, -0.05) is 0 Å². The Balaban J connectivity index is 2.73. The predicted octanol–water partition coefficient (Wildman–Crippen LogP) is 0.170. The Morgan fingerprint density at radius 1 is 1.50 bits per heavy atom. The van der Waals surface area contributed by atoms with Gasteiger partial charge in [0.05, 0.1) is 24.3 Å². The molecule has 0 radical (unpaired) electrons. The molecule has 1 aromatic rings. The Morgan fingerprint density at radius 2 is 2.15 bits per heavy atom. The van der Waals surface area contributed by atoms with E-state index in [1.807, 2.05) is 13.8 Å². The molecule has 0 saturated heterocycles. The van der Waals surface area contributed by atoms with Crippen molar-refractivity contribution in [2.45, 2.75) is 26.6 Å². The molecule has 1 aromatic heterocycles. The molecule has 20 heavy (non-hydrogen) atoms. The molecule has 0 aliphatic rings. The molecule has 0 saturated carbocycles. The third-order valence-corrected chi connectivity index (χ3v) is 2.44. The normalized spacial score (nSPS) is 10.8. The van der Waals surface area contributed by atoms with Gasteiger partial charge in [-0.3, -0.25) is 29.2 Å². The van der Waals surface area contributed by atoms with E-state index in [4.69, 9.17) is 0 Å². The lowest BCUT2D eigenvalue weighted by atomic mass is 10.4. The number of carbonyl (C=O) groups is 1. The van der Waals surface area contributed by atoms with Crippen molar-refractivity contribution in [2.24, 2.45) is 0 Å². The second-order valence-corrected chi connectivity index (χ2v) is 4.83. The number of aromatic nitrogens is 1. The molecule has 0 aromatic carbocycles. The molecule has 0 bridgehead atoms. The first kappa shape index (κ1) is 15.8. The number of pyridine rings is 1. The molecule has 1 amide bonds. The maximum atomic E-state index is 11.6. The highest BCUT2D eigenvalue weighted by molar-refractivity contribution is 5.78. The predicted molar refractivity (Wildman–Crippen MR) is 73.3 cm³/mol. The topological polar surface area (TPSA) is 97.5 Å². The van der Waals surface area contributed by atoms with Gasteiger partial charge < -0.3 is 5.32 Å². The van der Waals surface area contributed by atoms with E-state index in [-0.39, 0.29) is 36.4 Å². The molecule has 0 unspecified atom stereocenters. The number of amides is 1. The first-order valence-corrected chi connectivity index (χ1v) is 6.12. The quantitative estimate of drug-likeness (QED) is 0.592. The Kier molecular flexibility index (Phi) is 5.39. The zero-order valence-electron chi connectivity index (χ0n) is 11.7. The molecule has 8 nitrogen and oxygen atoms in total. The Labute approximate surface area is 116 Å². The van der Waals surface area contributed by atoms with E-state index in [1.54, 1.807) is 11.9 Å². The lowest BCUT2D eigenvalue weighted by molar-refractivity contribution is -0.385. The maximum absolute atomic E-state index is 11.6. The SMILES string of the molecule is CC(C)NC(=O)CN(C)Cn1cc([N+](=O)[O-])ccc1=O. The average molecular weight is 282 g/mol. The summed E-state index contributed by atoms with van der Waals surface area (Å²) in [7, 11) is 1.66. The van der Waals surface area contributed by atoms with Crippen LogP contribution in [0.15, 0.2) is 23.1 Å². The number of carbonyl (C=O) groups excluding carboxylic acids is 1. The highest BCUT2D eigenvalue weighted by atomic mass is 16.6. The standard InChI is InChI=1S/C12H18N4O4/c1-9(2)13-11(17)7-14(3)8-15-6-10(16(19)20)4-5-12(15)18/h4-6,9H,7-8H2,1-3H3,(H,13,17). The fourth-order valence-corrected chi connectivity index (χ4v) is 1.66. The second kappa shape index (κ2) is 6.80. The summed E-state index contributed by atoms with van der Waals surface area (Å²) in [6.07, 6.45) is 1.17. The Morgan fingerprint density at radius 3 is 2.70 bits per heavy atom. The van der Waals surface area contributed by atoms with Gasteiger partial charge in [0.15, 0.2) is 0 Å². The minimum Gasteiger partial charge on any atom is -0.353 e. The van der Waals surface area contributed by atoms with Crippen LogP contribution in [0, 0.1) is 10.1 Å². The minimum atomic E-state index is -0.568. The van der Waals surface area contributed by atoms with E-state index >= 15 is 0 Å². The van der Waals surface area contributed by atoms with E-state index in [9.17, 15) is 19.7 Å². The van der Waals surface area contributed by atoms with Gasteiger partial charge >= 0.3 is 0 Å². The van der Waals surface area contributed by atoms with Crippen LogP contribution in [0.2, 0.25) is 0 Å². The molecule has 0 spiro atoms. The van der Waals surface area contributed by atoms with Crippen molar-refractivity contribution < 1.29 is 9.72 Å². The molecular weight excluding hydrogens is 264 g/mol. The Bertz CT molecular complexity index is 553. The van der Waals surface area contributed by atoms with Gasteiger partial charge in [-0.15, -0.1) is 0 Å². The zero-order chi connectivity index (χ0) is 15.3. The van der Waals surface area contributed by atoms with Gasteiger partial charge in [-0.25, -0.2) is 0 Å². The zero-order valence-corrected chi connectivity index (χ0v) is 11.7. The van der Waals surface area contributed by atoms with Crippen LogP contribution in [0.4, 0.5) is 5.69 Å². The fraction of sp³-hybridized carbons (Fsp3) is 0.500. The largest absolute Gasteiger partial charge is 0.353 e. The van der Waals surface area contributed by atoms with Crippen LogP contribution in [-0.4, -0.2) is 39.9 Å². The summed E-state index contributed by atoms with van der Waals surface area (Å²) >= 11 is 0. The summed E-state index contributed by atoms with van der Waals surface area (Å²) in [5.41, 5.74) is -0.517. The third-order valence-electron chi connectivity index (χ3n) is 2.44. The van der Waals surface area contributed by atoms with Gasteiger partial charge in [0.2, 0.25) is 5.91 Å². The number of nitrogens with zero attached hydrogens (tertiary/aromatic N) is 3. The number of nitro groups is 1. The van der Waals surface area contributed by atoms with Crippen LogP contribution in [0.3, 0.4) is 0 Å². The molecule has 0 aliphatic carbocycles. The number of nitrogens with one attached hydrogen (secondary N) is 1. The second-order valence-electron chi connectivity index (χ2n) is 4.83. The van der Waals surface area contributed by atoms with Crippen molar-refractivity contribution >= 4 is 11.6 Å². The summed E-state index contributed by atoms with van der Waals surface area (Å²) in [6.45, 7) is 3.91. The molecule has 0 aliphatic heterocycles. The van der Waals surface area contributed by atoms with E-state index in [2.05, 4.69) is 5.32 Å². The van der Waals surface area contributed by atoms with Crippen molar-refractivity contribution in [3.8, 4) is 0 Å². The van der Waals surface area contributed by atoms with Gasteiger partial charge in [-0.2, -0.15) is 0 Å². The smallest absolute Gasteiger partial charge is 0.285 e. The van der Waals surface area contributed by atoms with Crippen molar-refractivity contribution in [2.75, 3.05) is 13.6 Å². The lowest BCUT2D eigenvalue weighted by Crippen LogP contribution is -2.40. The van der Waals surface area contributed by atoms with E-state index in [1.165, 1.54) is 10.8 Å². The number of hydrogen-bond acceptors (Lipinski definition) is 5. The van der Waals surface area contributed by atoms with E-state index in [0.29, 0.717) is 0 Å². The highest BCUT2D eigenvalue weighted by Crippen LogP contribution is 2.06. The summed E-state index contributed by atoms with van der Waals surface area (Å²) in [5.74, 6) is -0.166. The van der Waals surface area contributed by atoms with Crippen LogP contribution in [0.25, 0.3) is 0 Å². The Hall–Kier alpha value is -2.22. The van der Waals surface area contributed by atoms with Crippen LogP contribution in [0.5, 0.6) is 0 Å². The van der Waals surface area contributed by atoms with Gasteiger partial charge in [0.25, 0.3) is 11.2 Å². The number of hydrogen-bond donors (Lipinski definition) is 1. The first-order chi connectivity index (χ1) is 9.29. The highest BCUT2D eigenvalue weighted by Gasteiger charge is 2.11. The molecule has 1 rings (SSSR count). The molecule has 110 valence electrons. The molecule has 1 heterocycles. The minimum absolute atomic E-state index is 0.0384. The maximum Gasteiger partial charge on any atom is 0.285 e. The fourth-order valence-electron chi connectivity index (χ4n) is 1.66.